The molecule has 2 saturated heterocycles. The molecule has 0 radical (unpaired) electrons. The van der Waals surface area contributed by atoms with Gasteiger partial charge in [-0.3, -0.25) is 19.3 Å². The second-order valence-electron chi connectivity index (χ2n) is 10.2. The summed E-state index contributed by atoms with van der Waals surface area (Å²) >= 11 is 8.74. The van der Waals surface area contributed by atoms with Crippen molar-refractivity contribution in [2.75, 3.05) is 12.3 Å². The molecule has 3 N–H and O–H groups in total. The molecule has 0 spiro atoms. The molecular formula is C26H29ClN3NaO5S2. The predicted molar refractivity (Wildman–Crippen MR) is 150 cm³/mol. The topological polar surface area (TPSA) is 116 Å². The summed E-state index contributed by atoms with van der Waals surface area (Å²) in [5, 5.41) is 15.9. The number of nitrogens with one attached hydrogen (secondary N) is 2. The zero-order chi connectivity index (χ0) is 26.5. The number of aliphatic carboxylic acids is 1. The molecule has 1 aromatic carbocycles. The number of rotatable bonds is 8. The van der Waals surface area contributed by atoms with Crippen molar-refractivity contribution in [3.63, 3.8) is 0 Å². The summed E-state index contributed by atoms with van der Waals surface area (Å²) in [5.41, 5.74) is 1.92. The first-order valence-corrected chi connectivity index (χ1v) is 14.5. The number of halogens is 1. The number of carbonyl (C=O) groups excluding carboxylic acids is 3. The van der Waals surface area contributed by atoms with E-state index in [0.717, 1.165) is 23.3 Å². The summed E-state index contributed by atoms with van der Waals surface area (Å²) in [6.45, 7) is 4.09. The van der Waals surface area contributed by atoms with Gasteiger partial charge in [0.25, 0.3) is 5.91 Å². The summed E-state index contributed by atoms with van der Waals surface area (Å²) in [7, 11) is 0. The Morgan fingerprint density at radius 2 is 1.92 bits per heavy atom. The molecule has 1 saturated carbocycles. The van der Waals surface area contributed by atoms with E-state index in [1.807, 2.05) is 12.1 Å². The number of carboxylic acid groups (broad SMARTS) is 1. The summed E-state index contributed by atoms with van der Waals surface area (Å²) in [5.74, 6) is -1.29. The quantitative estimate of drug-likeness (QED) is 0.186. The van der Waals surface area contributed by atoms with Crippen LogP contribution >= 0.6 is 35.1 Å². The van der Waals surface area contributed by atoms with Crippen LogP contribution in [0.25, 0.3) is 0 Å². The van der Waals surface area contributed by atoms with Gasteiger partial charge in [-0.25, -0.2) is 4.79 Å². The van der Waals surface area contributed by atoms with E-state index in [4.69, 9.17) is 11.6 Å². The van der Waals surface area contributed by atoms with Crippen LogP contribution in [0.4, 0.5) is 0 Å². The van der Waals surface area contributed by atoms with E-state index in [2.05, 4.69) is 10.6 Å². The third-order valence-corrected chi connectivity index (χ3v) is 9.78. The molecule has 198 valence electrons. The van der Waals surface area contributed by atoms with Crippen molar-refractivity contribution in [3.05, 3.63) is 51.7 Å². The van der Waals surface area contributed by atoms with Crippen molar-refractivity contribution in [3.8, 4) is 0 Å². The Morgan fingerprint density at radius 3 is 2.50 bits per heavy atom. The number of thioether (sulfide) groups is 2. The monoisotopic (exact) mass is 585 g/mol. The Kier molecular flexibility index (Phi) is 9.01. The van der Waals surface area contributed by atoms with Crippen LogP contribution in [0.1, 0.15) is 39.5 Å². The Hall–Kier alpha value is -1.43. The summed E-state index contributed by atoms with van der Waals surface area (Å²) in [4.78, 5) is 53.5. The third-order valence-electron chi connectivity index (χ3n) is 7.04. The summed E-state index contributed by atoms with van der Waals surface area (Å²) in [6, 6.07) is 6.36. The van der Waals surface area contributed by atoms with E-state index in [1.54, 1.807) is 26.0 Å². The number of fused-ring (bicyclic) bond motifs is 1. The van der Waals surface area contributed by atoms with Gasteiger partial charge < -0.3 is 15.7 Å². The summed E-state index contributed by atoms with van der Waals surface area (Å²) in [6.07, 6.45) is 3.33. The van der Waals surface area contributed by atoms with E-state index in [1.165, 1.54) is 28.4 Å². The van der Waals surface area contributed by atoms with Gasteiger partial charge in [0.15, 0.2) is 0 Å². The van der Waals surface area contributed by atoms with E-state index < -0.39 is 28.0 Å². The van der Waals surface area contributed by atoms with E-state index in [0.29, 0.717) is 47.2 Å². The number of carbonyl (C=O) groups is 4. The molecule has 38 heavy (non-hydrogen) atoms. The zero-order valence-electron chi connectivity index (χ0n) is 20.5. The molecule has 3 amide bonds. The molecule has 2 atom stereocenters. The van der Waals surface area contributed by atoms with Gasteiger partial charge in [0.2, 0.25) is 11.8 Å². The zero-order valence-corrected chi connectivity index (χ0v) is 22.9. The Bertz CT molecular complexity index is 1250. The van der Waals surface area contributed by atoms with Crippen molar-refractivity contribution >= 4 is 88.4 Å². The van der Waals surface area contributed by atoms with Crippen molar-refractivity contribution in [2.24, 2.45) is 5.92 Å². The van der Waals surface area contributed by atoms with Gasteiger partial charge in [0.1, 0.15) is 17.1 Å². The van der Waals surface area contributed by atoms with Crippen molar-refractivity contribution in [1.29, 1.82) is 0 Å². The van der Waals surface area contributed by atoms with Gasteiger partial charge in [-0.1, -0.05) is 11.6 Å². The minimum absolute atomic E-state index is 0. The van der Waals surface area contributed by atoms with Gasteiger partial charge in [-0.05, 0) is 80.9 Å². The molecule has 3 heterocycles. The van der Waals surface area contributed by atoms with Gasteiger partial charge in [-0.2, -0.15) is 0 Å². The molecule has 0 bridgehead atoms. The van der Waals surface area contributed by atoms with E-state index in [9.17, 15) is 24.3 Å². The van der Waals surface area contributed by atoms with Crippen LogP contribution in [0, 0.1) is 5.92 Å². The summed E-state index contributed by atoms with van der Waals surface area (Å²) < 4.78 is -0.873. The molecule has 3 fully saturated rings. The molecule has 3 aliphatic heterocycles. The number of hydrogen-bond acceptors (Lipinski definition) is 6. The number of amides is 3. The van der Waals surface area contributed by atoms with Gasteiger partial charge in [0.05, 0.1) is 4.75 Å². The maximum atomic E-state index is 13.2. The fourth-order valence-electron chi connectivity index (χ4n) is 4.86. The first kappa shape index (κ1) is 29.6. The average Bonchev–Trinajstić information content (AvgIpc) is 3.58. The molecule has 0 unspecified atom stereocenters. The molecule has 1 aliphatic carbocycles. The Balaban J connectivity index is 0.00000336. The van der Waals surface area contributed by atoms with Crippen LogP contribution in [-0.2, 0) is 19.2 Å². The van der Waals surface area contributed by atoms with Crippen molar-refractivity contribution in [1.82, 2.24) is 15.5 Å². The van der Waals surface area contributed by atoms with E-state index >= 15 is 0 Å². The number of allylic oxidation sites excluding steroid dienone is 1. The number of nitrogens with zero attached hydrogens (tertiary/aromatic N) is 1. The number of hydrogen-bond donors (Lipinski definition) is 3. The Morgan fingerprint density at radius 1 is 1.24 bits per heavy atom. The molecule has 4 aliphatic rings. The van der Waals surface area contributed by atoms with E-state index in [-0.39, 0.29) is 47.1 Å². The fraction of sp³-hybridized carbons (Fsp3) is 0.462. The molecule has 8 nitrogen and oxygen atoms in total. The van der Waals surface area contributed by atoms with Gasteiger partial charge in [0, 0.05) is 27.8 Å². The van der Waals surface area contributed by atoms with Crippen molar-refractivity contribution < 1.29 is 24.3 Å². The molecule has 5 rings (SSSR count). The van der Waals surface area contributed by atoms with Crippen LogP contribution < -0.4 is 10.6 Å². The second kappa shape index (κ2) is 11.6. The standard InChI is InChI=1S/C26H28ClN3O5S2.Na.H/c1-26(2,37-15-7-5-14(27)6-8-15)25(35)29-19-22(32)30-20(24(33)34)18(12-36-23(19)30)17(11-13-3-4-13)16-9-10-28-21(16)31;;/h5-8,13,19,23H,3-4,9-12H2,1-2H3,(H,28,31)(H,29,35)(H,33,34);;/t19-,23-;;/m1../s1. The predicted octanol–water partition coefficient (Wildman–Crippen LogP) is 2.92. The maximum absolute atomic E-state index is 13.2. The normalized spacial score (nSPS) is 24.2. The van der Waals surface area contributed by atoms with Crippen LogP contribution in [-0.4, -0.2) is 91.7 Å². The molecule has 12 heteroatoms. The first-order valence-electron chi connectivity index (χ1n) is 12.2. The van der Waals surface area contributed by atoms with Crippen molar-refractivity contribution in [2.45, 2.75) is 60.6 Å². The minimum atomic E-state index is -1.19. The Labute approximate surface area is 257 Å². The van der Waals surface area contributed by atoms with Crippen LogP contribution in [0.15, 0.2) is 51.6 Å². The number of β-lactam (4-membered cyclic amide) rings is 1. The van der Waals surface area contributed by atoms with Crippen LogP contribution in [0.2, 0.25) is 5.02 Å². The average molecular weight is 586 g/mol. The molecule has 1 aromatic rings. The first-order chi connectivity index (χ1) is 17.6. The molecule has 0 aromatic heterocycles. The van der Waals surface area contributed by atoms with Gasteiger partial charge in [-0.15, -0.1) is 23.5 Å². The SMILES string of the molecule is CC(C)(Sc1ccc(Cl)cc1)C(=O)N[C@@H]1C(=O)N2C(C(=O)O)=C(C(CC3CC3)=C3CCNC3=O)CS[C@H]12.[NaH]. The van der Waals surface area contributed by atoms with Gasteiger partial charge >= 0.3 is 35.5 Å². The number of carboxylic acids is 1. The second-order valence-corrected chi connectivity index (χ2v) is 13.4. The fourth-order valence-corrected chi connectivity index (χ4v) is 7.38. The number of benzene rings is 1. The van der Waals surface area contributed by atoms with Crippen LogP contribution in [0.5, 0.6) is 0 Å². The third kappa shape index (κ3) is 5.86. The molecular weight excluding hydrogens is 557 g/mol. The van der Waals surface area contributed by atoms with Crippen LogP contribution in [0.3, 0.4) is 0 Å².